The van der Waals surface area contributed by atoms with Gasteiger partial charge in [0.25, 0.3) is 5.56 Å². The molecule has 0 aromatic carbocycles. The molecule has 4 nitrogen and oxygen atoms in total. The van der Waals surface area contributed by atoms with Crippen LogP contribution in [0, 0.1) is 6.92 Å². The largest absolute Gasteiger partial charge is 0.503 e. The predicted octanol–water partition coefficient (Wildman–Crippen LogP) is 0.0945. The Morgan fingerprint density at radius 1 is 1.50 bits per heavy atom. The van der Waals surface area contributed by atoms with Gasteiger partial charge < -0.3 is 10.2 Å². The molecule has 1 rings (SSSR count). The van der Waals surface area contributed by atoms with Gasteiger partial charge in [-0.2, -0.15) is 0 Å². The second kappa shape index (κ2) is 2.06. The Hall–Kier alpha value is -1.45. The first-order valence-corrected chi connectivity index (χ1v) is 2.73. The lowest BCUT2D eigenvalue weighted by Gasteiger charge is -1.97. The van der Waals surface area contributed by atoms with Crippen LogP contribution in [0.3, 0.4) is 0 Å². The maximum Gasteiger partial charge on any atom is 0.251 e. The van der Waals surface area contributed by atoms with Crippen molar-refractivity contribution in [2.45, 2.75) is 6.92 Å². The van der Waals surface area contributed by atoms with Crippen LogP contribution in [-0.2, 0) is 0 Å². The van der Waals surface area contributed by atoms with Crippen molar-refractivity contribution in [3.63, 3.8) is 0 Å². The fourth-order valence-corrected chi connectivity index (χ4v) is 0.664. The van der Waals surface area contributed by atoms with E-state index in [1.165, 1.54) is 13.0 Å². The average Bonchev–Trinajstić information content (AvgIpc) is 1.82. The monoisotopic (exact) mass is 141 g/mol. The summed E-state index contributed by atoms with van der Waals surface area (Å²) >= 11 is 0. The van der Waals surface area contributed by atoms with E-state index in [1.807, 2.05) is 4.98 Å². The zero-order valence-electron chi connectivity index (χ0n) is 5.38. The van der Waals surface area contributed by atoms with Crippen LogP contribution in [0.4, 0.5) is 0 Å². The van der Waals surface area contributed by atoms with Crippen LogP contribution in [0.5, 0.6) is 11.6 Å². The highest BCUT2D eigenvalue weighted by Crippen LogP contribution is 2.22. The van der Waals surface area contributed by atoms with Crippen LogP contribution in [0.1, 0.15) is 5.56 Å². The van der Waals surface area contributed by atoms with Gasteiger partial charge in [0.1, 0.15) is 0 Å². The number of H-pyrrole nitrogens is 1. The van der Waals surface area contributed by atoms with E-state index >= 15 is 0 Å². The van der Waals surface area contributed by atoms with Gasteiger partial charge in [-0.15, -0.1) is 0 Å². The van der Waals surface area contributed by atoms with Gasteiger partial charge in [0.05, 0.1) is 0 Å². The summed E-state index contributed by atoms with van der Waals surface area (Å²) in [6, 6.07) is 1.20. The van der Waals surface area contributed by atoms with E-state index < -0.39 is 11.4 Å². The van der Waals surface area contributed by atoms with Gasteiger partial charge in [-0.05, 0) is 6.92 Å². The summed E-state index contributed by atoms with van der Waals surface area (Å²) in [5.74, 6) is -0.760. The molecule has 0 fully saturated rings. The minimum atomic E-state index is -0.481. The van der Waals surface area contributed by atoms with Crippen molar-refractivity contribution < 1.29 is 10.2 Å². The summed E-state index contributed by atoms with van der Waals surface area (Å²) in [5, 5.41) is 17.7. The van der Waals surface area contributed by atoms with Crippen LogP contribution in [0.15, 0.2) is 10.9 Å². The van der Waals surface area contributed by atoms with E-state index in [9.17, 15) is 4.79 Å². The molecule has 1 aromatic heterocycles. The lowest BCUT2D eigenvalue weighted by molar-refractivity contribution is 0.385. The number of aromatic hydroxyl groups is 2. The molecule has 10 heavy (non-hydrogen) atoms. The molecule has 0 saturated heterocycles. The molecular weight excluding hydrogens is 134 g/mol. The van der Waals surface area contributed by atoms with E-state index in [0.29, 0.717) is 5.56 Å². The van der Waals surface area contributed by atoms with E-state index in [-0.39, 0.29) is 5.75 Å². The molecule has 0 saturated carbocycles. The Bertz CT molecular complexity index is 276. The van der Waals surface area contributed by atoms with Crippen LogP contribution < -0.4 is 5.56 Å². The Labute approximate surface area is 56.8 Å². The summed E-state index contributed by atoms with van der Waals surface area (Å²) in [6.07, 6.45) is 0. The first kappa shape index (κ1) is 6.67. The standard InChI is InChI=1S/C6H7NO3/c1-3-2-4(8)7-6(10)5(3)9/h2,9H,1H3,(H2,7,8,10). The molecule has 0 atom stereocenters. The molecule has 1 heterocycles. The molecule has 0 radical (unpaired) electrons. The molecular formula is C6H7NO3. The van der Waals surface area contributed by atoms with Crippen LogP contribution in [0.25, 0.3) is 0 Å². The molecule has 1 aromatic rings. The Kier molecular flexibility index (Phi) is 1.37. The fourth-order valence-electron chi connectivity index (χ4n) is 0.664. The molecule has 0 unspecified atom stereocenters. The number of pyridine rings is 1. The number of aromatic nitrogens is 1. The van der Waals surface area contributed by atoms with Crippen LogP contribution >= 0.6 is 0 Å². The summed E-state index contributed by atoms with van der Waals surface area (Å²) in [4.78, 5) is 12.6. The maximum absolute atomic E-state index is 10.5. The summed E-state index contributed by atoms with van der Waals surface area (Å²) < 4.78 is 0. The molecule has 0 aliphatic heterocycles. The van der Waals surface area contributed by atoms with Crippen molar-refractivity contribution in [3.05, 3.63) is 22.0 Å². The van der Waals surface area contributed by atoms with Gasteiger partial charge >= 0.3 is 0 Å². The van der Waals surface area contributed by atoms with E-state index in [4.69, 9.17) is 10.2 Å². The second-order valence-corrected chi connectivity index (χ2v) is 2.01. The minimum absolute atomic E-state index is 0.278. The first-order chi connectivity index (χ1) is 4.61. The zero-order valence-corrected chi connectivity index (χ0v) is 5.38. The Balaban J connectivity index is 3.46. The molecule has 4 heteroatoms. The number of nitrogens with one attached hydrogen (secondary N) is 1. The van der Waals surface area contributed by atoms with Gasteiger partial charge in [0, 0.05) is 11.6 Å². The van der Waals surface area contributed by atoms with Gasteiger partial charge in [-0.1, -0.05) is 0 Å². The number of rotatable bonds is 0. The topological polar surface area (TPSA) is 73.3 Å². The average molecular weight is 141 g/mol. The highest BCUT2D eigenvalue weighted by molar-refractivity contribution is 5.37. The van der Waals surface area contributed by atoms with E-state index in [1.54, 1.807) is 0 Å². The van der Waals surface area contributed by atoms with E-state index in [2.05, 4.69) is 0 Å². The molecule has 0 spiro atoms. The van der Waals surface area contributed by atoms with Crippen molar-refractivity contribution in [1.29, 1.82) is 0 Å². The SMILES string of the molecule is Cc1cc(=O)[nH]c(O)c1O. The second-order valence-electron chi connectivity index (χ2n) is 2.01. The first-order valence-electron chi connectivity index (χ1n) is 2.73. The smallest absolute Gasteiger partial charge is 0.251 e. The van der Waals surface area contributed by atoms with Crippen molar-refractivity contribution in [3.8, 4) is 11.6 Å². The zero-order chi connectivity index (χ0) is 7.72. The van der Waals surface area contributed by atoms with Gasteiger partial charge in [0.15, 0.2) is 5.75 Å². The lowest BCUT2D eigenvalue weighted by atomic mass is 10.3. The number of hydrogen-bond acceptors (Lipinski definition) is 3. The summed E-state index contributed by atoms with van der Waals surface area (Å²) in [5.41, 5.74) is -0.0611. The van der Waals surface area contributed by atoms with Gasteiger partial charge in [0.2, 0.25) is 5.88 Å². The van der Waals surface area contributed by atoms with Gasteiger partial charge in [-0.25, -0.2) is 0 Å². The predicted molar refractivity (Wildman–Crippen MR) is 35.1 cm³/mol. The number of hydrogen-bond donors (Lipinski definition) is 3. The third-order valence-electron chi connectivity index (χ3n) is 1.19. The fraction of sp³-hybridized carbons (Fsp3) is 0.167. The summed E-state index contributed by atoms with van der Waals surface area (Å²) in [7, 11) is 0. The lowest BCUT2D eigenvalue weighted by Crippen LogP contribution is -2.03. The van der Waals surface area contributed by atoms with Crippen LogP contribution in [-0.4, -0.2) is 15.2 Å². The maximum atomic E-state index is 10.5. The van der Waals surface area contributed by atoms with Crippen molar-refractivity contribution in [2.24, 2.45) is 0 Å². The Morgan fingerprint density at radius 3 is 2.60 bits per heavy atom. The van der Waals surface area contributed by atoms with Crippen molar-refractivity contribution in [1.82, 2.24) is 4.98 Å². The highest BCUT2D eigenvalue weighted by atomic mass is 16.3. The quantitative estimate of drug-likeness (QED) is 0.479. The minimum Gasteiger partial charge on any atom is -0.503 e. The van der Waals surface area contributed by atoms with Crippen molar-refractivity contribution in [2.75, 3.05) is 0 Å². The molecule has 0 aliphatic rings. The molecule has 0 bridgehead atoms. The molecule has 0 amide bonds. The Morgan fingerprint density at radius 2 is 2.10 bits per heavy atom. The summed E-state index contributed by atoms with van der Waals surface area (Å²) in [6.45, 7) is 1.53. The van der Waals surface area contributed by atoms with Crippen LogP contribution in [0.2, 0.25) is 0 Å². The number of aryl methyl sites for hydroxylation is 1. The van der Waals surface area contributed by atoms with Gasteiger partial charge in [-0.3, -0.25) is 9.78 Å². The molecule has 3 N–H and O–H groups in total. The van der Waals surface area contributed by atoms with E-state index in [0.717, 1.165) is 0 Å². The third kappa shape index (κ3) is 0.953. The third-order valence-corrected chi connectivity index (χ3v) is 1.19. The molecule has 0 aliphatic carbocycles. The normalized spacial score (nSPS) is 9.70. The molecule has 54 valence electrons. The van der Waals surface area contributed by atoms with Crippen molar-refractivity contribution >= 4 is 0 Å². The highest BCUT2D eigenvalue weighted by Gasteiger charge is 2.02. The number of aromatic amines is 1.